The van der Waals surface area contributed by atoms with Crippen LogP contribution >= 0.6 is 0 Å². The third kappa shape index (κ3) is 50800. The van der Waals surface area contributed by atoms with E-state index in [4.69, 9.17) is 90.4 Å². The van der Waals surface area contributed by atoms with Crippen LogP contribution in [0, 0.1) is 0 Å². The van der Waals surface area contributed by atoms with E-state index in [0.717, 1.165) is 0 Å². The standard InChI is InChI=1S/6BH3O3.18H3N/c6*2-1(3)4;;;;;;;;;;;;;;;;;;/h6*2-4H;18*1H3. The highest BCUT2D eigenvalue weighted by atomic mass is 16.5. The molecule has 0 fully saturated rings. The molecule has 0 heterocycles. The van der Waals surface area contributed by atoms with Gasteiger partial charge in [0.15, 0.2) is 0 Å². The maximum Gasteiger partial charge on any atom is 0.631 e. The van der Waals surface area contributed by atoms with Crippen LogP contribution in [0.4, 0.5) is 0 Å². The van der Waals surface area contributed by atoms with E-state index in [2.05, 4.69) is 0 Å². The van der Waals surface area contributed by atoms with Gasteiger partial charge in [0.05, 0.1) is 0 Å². The Balaban J connectivity index is -0.00000000388. The molecule has 72 N–H and O–H groups in total. The van der Waals surface area contributed by atoms with E-state index in [9.17, 15) is 0 Å². The first-order chi connectivity index (χ1) is 10.4. The van der Waals surface area contributed by atoms with Crippen molar-refractivity contribution in [2.24, 2.45) is 0 Å². The van der Waals surface area contributed by atoms with Crippen molar-refractivity contribution in [2.45, 2.75) is 0 Å². The molecule has 0 aliphatic heterocycles. The Morgan fingerprint density at radius 3 is 0.119 bits per heavy atom. The van der Waals surface area contributed by atoms with Gasteiger partial charge in [-0.25, -0.2) is 0 Å². The molecule has 36 nitrogen and oxygen atoms in total. The summed E-state index contributed by atoms with van der Waals surface area (Å²) in [7, 11) is -13.0. The fraction of sp³-hybridized carbons (Fsp3) is 0. The molecule has 0 amide bonds. The first-order valence-electron chi connectivity index (χ1n) is 4.65. The molecule has 0 unspecified atom stereocenters. The fourth-order valence-corrected chi connectivity index (χ4v) is 0. The summed E-state index contributed by atoms with van der Waals surface area (Å²) in [4.78, 5) is 0. The van der Waals surface area contributed by atoms with Crippen LogP contribution in [0.1, 0.15) is 0 Å². The van der Waals surface area contributed by atoms with Crippen molar-refractivity contribution in [1.82, 2.24) is 111 Å². The molecule has 0 bridgehead atoms. The second-order valence-electron chi connectivity index (χ2n) is 2.08. The minimum absolute atomic E-state index is 0. The molecule has 0 saturated carbocycles. The average molecular weight is 678 g/mol. The van der Waals surface area contributed by atoms with Crippen LogP contribution in [0.2, 0.25) is 0 Å². The Hall–Kier alpha value is -1.05. The van der Waals surface area contributed by atoms with E-state index in [1.54, 1.807) is 0 Å². The van der Waals surface area contributed by atoms with Gasteiger partial charge in [-0.3, -0.25) is 0 Å². The average Bonchev–Trinajstić information content (AvgIpc) is 2.08. The normalized spacial score (nSPS) is 3.86. The minimum atomic E-state index is -2.17. The van der Waals surface area contributed by atoms with Crippen molar-refractivity contribution in [3.8, 4) is 0 Å². The van der Waals surface area contributed by atoms with Gasteiger partial charge in [0.25, 0.3) is 0 Å². The maximum absolute atomic E-state index is 7.17. The van der Waals surface area contributed by atoms with Crippen molar-refractivity contribution in [3.63, 3.8) is 0 Å². The van der Waals surface area contributed by atoms with E-state index in [1.165, 1.54) is 0 Å². The van der Waals surface area contributed by atoms with Gasteiger partial charge in [-0.1, -0.05) is 0 Å². The third-order valence-corrected chi connectivity index (χ3v) is 0. The summed E-state index contributed by atoms with van der Waals surface area (Å²) in [5, 5.41) is 129. The van der Waals surface area contributed by atoms with Crippen molar-refractivity contribution >= 4 is 43.9 Å². The summed E-state index contributed by atoms with van der Waals surface area (Å²) in [6, 6.07) is 0. The molecular weight excluding hydrogens is 605 g/mol. The molecule has 0 aromatic heterocycles. The monoisotopic (exact) mass is 679 g/mol. The zero-order valence-electron chi connectivity index (χ0n) is 24.2. The van der Waals surface area contributed by atoms with Crippen LogP contribution in [0.25, 0.3) is 0 Å². The molecule has 42 heteroatoms. The lowest BCUT2D eigenvalue weighted by molar-refractivity contribution is 0.276. The summed E-state index contributed by atoms with van der Waals surface area (Å²) in [6.07, 6.45) is 0. The molecule has 0 rings (SSSR count). The van der Waals surface area contributed by atoms with Gasteiger partial charge < -0.3 is 201 Å². The lowest BCUT2D eigenvalue weighted by Crippen LogP contribution is -2.07. The lowest BCUT2D eigenvalue weighted by Gasteiger charge is -1.69. The van der Waals surface area contributed by atoms with Crippen LogP contribution in [0.15, 0.2) is 0 Å². The van der Waals surface area contributed by atoms with Crippen molar-refractivity contribution in [2.75, 3.05) is 0 Å². The predicted octanol–water partition coefficient (Wildman–Crippen LogP) is -9.39. The highest BCUT2D eigenvalue weighted by Gasteiger charge is 1.94. The molecule has 0 aliphatic rings. The first kappa shape index (κ1) is 227. The number of hydrogen-bond donors (Lipinski definition) is 36. The Kier molecular flexibility index (Phi) is 1140. The van der Waals surface area contributed by atoms with E-state index < -0.39 is 43.9 Å². The molecule has 0 spiro atoms. The van der Waals surface area contributed by atoms with Crippen molar-refractivity contribution in [1.29, 1.82) is 0 Å². The zero-order chi connectivity index (χ0) is 21.5. The molecule has 0 aromatic carbocycles. The van der Waals surface area contributed by atoms with E-state index >= 15 is 0 Å². The molecule has 0 aliphatic carbocycles. The van der Waals surface area contributed by atoms with Crippen molar-refractivity contribution < 1.29 is 90.4 Å². The van der Waals surface area contributed by atoms with Crippen molar-refractivity contribution in [3.05, 3.63) is 0 Å². The van der Waals surface area contributed by atoms with Gasteiger partial charge in [0.1, 0.15) is 0 Å². The van der Waals surface area contributed by atoms with Crippen LogP contribution < -0.4 is 111 Å². The maximum atomic E-state index is 7.17. The third-order valence-electron chi connectivity index (χ3n) is 0. The summed E-state index contributed by atoms with van der Waals surface area (Å²) >= 11 is 0. The molecule has 0 aromatic rings. The van der Waals surface area contributed by atoms with Crippen LogP contribution in [0.5, 0.6) is 0 Å². The summed E-state index contributed by atoms with van der Waals surface area (Å²) < 4.78 is 0. The van der Waals surface area contributed by atoms with Gasteiger partial charge in [-0.2, -0.15) is 0 Å². The summed E-state index contributed by atoms with van der Waals surface area (Å²) in [6.45, 7) is 0. The molecular formula is H72B6N18O18. The Labute approximate surface area is 246 Å². The number of hydrogen-bond acceptors (Lipinski definition) is 36. The topological polar surface area (TPSA) is 994 Å². The Bertz CT molecular complexity index is 136. The zero-order valence-corrected chi connectivity index (χ0v) is 24.2. The second-order valence-corrected chi connectivity index (χ2v) is 2.08. The van der Waals surface area contributed by atoms with Crippen LogP contribution in [-0.4, -0.2) is 134 Å². The molecule has 288 valence electrons. The van der Waals surface area contributed by atoms with E-state index in [1.807, 2.05) is 0 Å². The molecule has 0 radical (unpaired) electrons. The van der Waals surface area contributed by atoms with Gasteiger partial charge in [-0.15, -0.1) is 0 Å². The highest BCUT2D eigenvalue weighted by Crippen LogP contribution is 1.42. The first-order valence-corrected chi connectivity index (χ1v) is 4.65. The van der Waals surface area contributed by atoms with Crippen LogP contribution in [-0.2, 0) is 0 Å². The van der Waals surface area contributed by atoms with E-state index in [-0.39, 0.29) is 111 Å². The highest BCUT2D eigenvalue weighted by molar-refractivity contribution is 6.31. The van der Waals surface area contributed by atoms with E-state index in [0.29, 0.717) is 0 Å². The fourth-order valence-electron chi connectivity index (χ4n) is 0. The number of rotatable bonds is 0. The SMILES string of the molecule is N.N.N.N.N.N.N.N.N.N.N.N.N.N.N.N.N.N.OB(O)O.OB(O)O.OB(O)O.OB(O)O.OB(O)O.OB(O)O. The lowest BCUT2D eigenvalue weighted by atomic mass is 10.3. The predicted molar refractivity (Wildman–Crippen MR) is 165 cm³/mol. The van der Waals surface area contributed by atoms with Crippen LogP contribution in [0.3, 0.4) is 0 Å². The minimum Gasteiger partial charge on any atom is -0.402 e. The smallest absolute Gasteiger partial charge is 0.402 e. The largest absolute Gasteiger partial charge is 0.631 e. The molecule has 0 atom stereocenters. The second kappa shape index (κ2) is 211. The Morgan fingerprint density at radius 1 is 0.119 bits per heavy atom. The van der Waals surface area contributed by atoms with Gasteiger partial charge in [-0.05, 0) is 0 Å². The molecule has 0 saturated heterocycles. The Morgan fingerprint density at radius 2 is 0.119 bits per heavy atom. The van der Waals surface area contributed by atoms with Gasteiger partial charge in [0.2, 0.25) is 0 Å². The summed E-state index contributed by atoms with van der Waals surface area (Å²) in [5.41, 5.74) is 0. The van der Waals surface area contributed by atoms with Gasteiger partial charge >= 0.3 is 43.9 Å². The van der Waals surface area contributed by atoms with Gasteiger partial charge in [0, 0.05) is 0 Å². The molecule has 42 heavy (non-hydrogen) atoms. The quantitative estimate of drug-likeness (QED) is 0.106. The summed E-state index contributed by atoms with van der Waals surface area (Å²) in [5.74, 6) is 0.